The number of rotatable bonds is 3. The van der Waals surface area contributed by atoms with Crippen LogP contribution < -0.4 is 0 Å². The van der Waals surface area contributed by atoms with Gasteiger partial charge in [0, 0.05) is 20.2 Å². The first-order chi connectivity index (χ1) is 25.3. The molecule has 0 spiro atoms. The Morgan fingerprint density at radius 3 is 1.41 bits per heavy atom. The molecule has 0 unspecified atom stereocenters. The second-order valence-corrected chi connectivity index (χ2v) is 14.7. The lowest BCUT2D eigenvalue weighted by Crippen LogP contribution is -1.90. The fraction of sp³-hybridized carbons (Fsp3) is 0. The third kappa shape index (κ3) is 4.45. The first-order valence-electron chi connectivity index (χ1n) is 17.6. The van der Waals surface area contributed by atoms with Gasteiger partial charge in [0.1, 0.15) is 0 Å². The zero-order chi connectivity index (χ0) is 33.5. The molecular weight excluding hydrogens is 633 g/mol. The van der Waals surface area contributed by atoms with Crippen LogP contribution in [0.15, 0.2) is 182 Å². The van der Waals surface area contributed by atoms with Gasteiger partial charge >= 0.3 is 0 Å². The standard InChI is InChI=1S/C50H30S/c1-2-11-32(12-3-1)48-41-14-6-8-16-43(41)49(44-17-9-7-15-42(44)48)38-23-22-34-26-33(18-19-35(34)27-38)36-20-21-37-29-46-45-25-24-31-10-4-5-13-40(31)50(45)51-47(46)30-39(37)28-36/h1-30H. The smallest absolute Gasteiger partial charge is 0.0433 e. The fourth-order valence-corrected chi connectivity index (χ4v) is 9.63. The van der Waals surface area contributed by atoms with E-state index >= 15 is 0 Å². The lowest BCUT2D eigenvalue weighted by molar-refractivity contribution is 1.66. The van der Waals surface area contributed by atoms with E-state index in [0.29, 0.717) is 0 Å². The maximum atomic E-state index is 2.39. The second-order valence-electron chi connectivity index (χ2n) is 13.7. The lowest BCUT2D eigenvalue weighted by Gasteiger charge is -2.18. The van der Waals surface area contributed by atoms with E-state index in [2.05, 4.69) is 182 Å². The lowest BCUT2D eigenvalue weighted by atomic mass is 9.85. The number of hydrogen-bond donors (Lipinski definition) is 0. The summed E-state index contributed by atoms with van der Waals surface area (Å²) in [6, 6.07) is 67.5. The largest absolute Gasteiger partial charge is 0.135 e. The Morgan fingerprint density at radius 1 is 0.255 bits per heavy atom. The first-order valence-corrected chi connectivity index (χ1v) is 18.4. The Bertz CT molecular complexity index is 3130. The summed E-state index contributed by atoms with van der Waals surface area (Å²) in [5.41, 5.74) is 7.57. The minimum atomic E-state index is 1.24. The summed E-state index contributed by atoms with van der Waals surface area (Å²) in [7, 11) is 0. The third-order valence-electron chi connectivity index (χ3n) is 10.8. The molecule has 0 bridgehead atoms. The third-order valence-corrected chi connectivity index (χ3v) is 12.0. The molecule has 0 fully saturated rings. The fourth-order valence-electron chi connectivity index (χ4n) is 8.36. The van der Waals surface area contributed by atoms with Crippen molar-refractivity contribution in [3.05, 3.63) is 182 Å². The molecule has 51 heavy (non-hydrogen) atoms. The number of benzene rings is 10. The van der Waals surface area contributed by atoms with Crippen LogP contribution in [0.2, 0.25) is 0 Å². The molecule has 0 atom stereocenters. The summed E-state index contributed by atoms with van der Waals surface area (Å²) < 4.78 is 2.72. The Hall–Kier alpha value is -6.28. The summed E-state index contributed by atoms with van der Waals surface area (Å²) in [6.45, 7) is 0. The van der Waals surface area contributed by atoms with Crippen molar-refractivity contribution in [3.63, 3.8) is 0 Å². The van der Waals surface area contributed by atoms with Crippen molar-refractivity contribution in [3.8, 4) is 33.4 Å². The van der Waals surface area contributed by atoms with E-state index in [9.17, 15) is 0 Å². The van der Waals surface area contributed by atoms with E-state index in [1.165, 1.54) is 107 Å². The van der Waals surface area contributed by atoms with E-state index in [-0.39, 0.29) is 0 Å². The molecule has 0 saturated carbocycles. The molecular formula is C50H30S. The van der Waals surface area contributed by atoms with Crippen molar-refractivity contribution in [1.29, 1.82) is 0 Å². The highest BCUT2D eigenvalue weighted by Gasteiger charge is 2.17. The Labute approximate surface area is 299 Å². The monoisotopic (exact) mass is 662 g/mol. The second kappa shape index (κ2) is 11.1. The highest BCUT2D eigenvalue weighted by molar-refractivity contribution is 7.26. The van der Waals surface area contributed by atoms with Gasteiger partial charge in [0.2, 0.25) is 0 Å². The summed E-state index contributed by atoms with van der Waals surface area (Å²) in [4.78, 5) is 0. The molecule has 236 valence electrons. The number of hydrogen-bond acceptors (Lipinski definition) is 1. The van der Waals surface area contributed by atoms with E-state index in [0.717, 1.165) is 0 Å². The van der Waals surface area contributed by atoms with E-state index in [1.807, 2.05) is 11.3 Å². The van der Waals surface area contributed by atoms with Crippen LogP contribution in [-0.2, 0) is 0 Å². The van der Waals surface area contributed by atoms with Crippen molar-refractivity contribution < 1.29 is 0 Å². The topological polar surface area (TPSA) is 0 Å². The van der Waals surface area contributed by atoms with Crippen molar-refractivity contribution >= 4 is 85.4 Å². The van der Waals surface area contributed by atoms with Gasteiger partial charge in [-0.15, -0.1) is 11.3 Å². The maximum absolute atomic E-state index is 2.39. The normalized spacial score (nSPS) is 11.9. The summed E-state index contributed by atoms with van der Waals surface area (Å²) in [5, 5.41) is 15.5. The minimum Gasteiger partial charge on any atom is -0.135 e. The predicted molar refractivity (Wildman–Crippen MR) is 223 cm³/mol. The van der Waals surface area contributed by atoms with Crippen LogP contribution in [0.25, 0.3) is 107 Å². The van der Waals surface area contributed by atoms with Gasteiger partial charge < -0.3 is 0 Å². The number of fused-ring (bicyclic) bond motifs is 9. The van der Waals surface area contributed by atoms with E-state index in [1.54, 1.807) is 0 Å². The van der Waals surface area contributed by atoms with Crippen molar-refractivity contribution in [2.75, 3.05) is 0 Å². The zero-order valence-electron chi connectivity index (χ0n) is 27.7. The summed E-state index contributed by atoms with van der Waals surface area (Å²) in [5.74, 6) is 0. The average molecular weight is 663 g/mol. The van der Waals surface area contributed by atoms with Crippen LogP contribution in [0.3, 0.4) is 0 Å². The Balaban J connectivity index is 1.03. The van der Waals surface area contributed by atoms with Crippen LogP contribution in [0.1, 0.15) is 0 Å². The molecule has 11 aromatic rings. The van der Waals surface area contributed by atoms with E-state index in [4.69, 9.17) is 0 Å². The molecule has 0 aliphatic rings. The van der Waals surface area contributed by atoms with E-state index < -0.39 is 0 Å². The van der Waals surface area contributed by atoms with Gasteiger partial charge in [-0.1, -0.05) is 152 Å². The van der Waals surface area contributed by atoms with Crippen LogP contribution in [-0.4, -0.2) is 0 Å². The van der Waals surface area contributed by atoms with Crippen molar-refractivity contribution in [2.45, 2.75) is 0 Å². The van der Waals surface area contributed by atoms with Gasteiger partial charge in [0.25, 0.3) is 0 Å². The van der Waals surface area contributed by atoms with Crippen LogP contribution in [0.5, 0.6) is 0 Å². The molecule has 1 aromatic heterocycles. The van der Waals surface area contributed by atoms with Gasteiger partial charge in [0.05, 0.1) is 0 Å². The molecule has 0 aliphatic carbocycles. The first kappa shape index (κ1) is 28.5. The summed E-state index contributed by atoms with van der Waals surface area (Å²) in [6.07, 6.45) is 0. The SMILES string of the molecule is c1ccc(-c2c3ccccc3c(-c3ccc4cc(-c5ccc6cc7c(cc6c5)sc5c6ccccc6ccc75)ccc4c3)c3ccccc23)cc1. The molecule has 0 aliphatic heterocycles. The molecule has 1 heterocycles. The molecule has 0 amide bonds. The molecule has 11 rings (SSSR count). The van der Waals surface area contributed by atoms with Gasteiger partial charge in [-0.05, 0) is 118 Å². The molecule has 10 aromatic carbocycles. The Kier molecular flexibility index (Phi) is 6.22. The highest BCUT2D eigenvalue weighted by atomic mass is 32.1. The van der Waals surface area contributed by atoms with Gasteiger partial charge in [-0.2, -0.15) is 0 Å². The van der Waals surface area contributed by atoms with Gasteiger partial charge in [-0.3, -0.25) is 0 Å². The van der Waals surface area contributed by atoms with Crippen molar-refractivity contribution in [2.24, 2.45) is 0 Å². The highest BCUT2D eigenvalue weighted by Crippen LogP contribution is 2.45. The molecule has 0 nitrogen and oxygen atoms in total. The quantitative estimate of drug-likeness (QED) is 0.165. The van der Waals surface area contributed by atoms with Gasteiger partial charge in [0.15, 0.2) is 0 Å². The maximum Gasteiger partial charge on any atom is 0.0433 e. The Morgan fingerprint density at radius 2 is 0.745 bits per heavy atom. The van der Waals surface area contributed by atoms with Crippen molar-refractivity contribution in [1.82, 2.24) is 0 Å². The molecule has 1 heteroatoms. The predicted octanol–water partition coefficient (Wildman–Crippen LogP) is 14.8. The average Bonchev–Trinajstić information content (AvgIpc) is 3.56. The minimum absolute atomic E-state index is 1.24. The van der Waals surface area contributed by atoms with Gasteiger partial charge in [-0.25, -0.2) is 0 Å². The summed E-state index contributed by atoms with van der Waals surface area (Å²) >= 11 is 1.91. The van der Waals surface area contributed by atoms with Crippen LogP contribution in [0, 0.1) is 0 Å². The number of thiophene rings is 1. The molecule has 0 radical (unpaired) electrons. The van der Waals surface area contributed by atoms with Crippen LogP contribution in [0.4, 0.5) is 0 Å². The molecule has 0 N–H and O–H groups in total. The molecule has 0 saturated heterocycles. The zero-order valence-corrected chi connectivity index (χ0v) is 28.5. The van der Waals surface area contributed by atoms with Crippen LogP contribution >= 0.6 is 11.3 Å².